The zero-order valence-electron chi connectivity index (χ0n) is 6.88. The van der Waals surface area contributed by atoms with Gasteiger partial charge in [0.2, 0.25) is 0 Å². The molecule has 1 nitrogen and oxygen atoms in total. The molecule has 1 N–H and O–H groups in total. The maximum atomic E-state index is 9.67. The Morgan fingerprint density at radius 1 is 1.27 bits per heavy atom. The van der Waals surface area contributed by atoms with Crippen LogP contribution in [0.1, 0.15) is 26.2 Å². The average molecular weight is 150 g/mol. The molecule has 0 amide bonds. The Morgan fingerprint density at radius 3 is 2.73 bits per heavy atom. The minimum absolute atomic E-state index is 0.107. The Kier molecular flexibility index (Phi) is 0.558. The Labute approximate surface area is 66.8 Å². The van der Waals surface area contributed by atoms with Crippen molar-refractivity contribution in [3.8, 4) is 0 Å². The fourth-order valence-corrected chi connectivity index (χ4v) is 4.91. The molecule has 1 heteroatoms. The lowest BCUT2D eigenvalue weighted by Gasteiger charge is -2.60. The van der Waals surface area contributed by atoms with Gasteiger partial charge in [-0.3, -0.25) is 0 Å². The van der Waals surface area contributed by atoms with Gasteiger partial charge in [-0.2, -0.15) is 0 Å². The van der Waals surface area contributed by atoms with Crippen LogP contribution in [-0.4, -0.2) is 11.2 Å². The standard InChI is InChI=1S/C10H14O/c1-9-2-5-7-6(8(5)11)3-10(7,9)4-9/h5-8,11H,2-4H2,1H3. The third kappa shape index (κ3) is 0.312. The van der Waals surface area contributed by atoms with Crippen molar-refractivity contribution < 1.29 is 5.11 Å². The summed E-state index contributed by atoms with van der Waals surface area (Å²) in [6, 6.07) is 0. The van der Waals surface area contributed by atoms with E-state index in [4.69, 9.17) is 0 Å². The molecule has 4 rings (SSSR count). The first-order chi connectivity index (χ1) is 5.18. The molecule has 6 atom stereocenters. The van der Waals surface area contributed by atoms with Gasteiger partial charge in [0.1, 0.15) is 0 Å². The highest BCUT2D eigenvalue weighted by Crippen LogP contribution is 2.91. The predicted molar refractivity (Wildman–Crippen MR) is 40.9 cm³/mol. The van der Waals surface area contributed by atoms with E-state index in [2.05, 4.69) is 6.92 Å². The molecule has 0 aromatic carbocycles. The van der Waals surface area contributed by atoms with Gasteiger partial charge < -0.3 is 5.11 Å². The Hall–Kier alpha value is -0.0400. The Bertz CT molecular complexity index is 262. The second-order valence-corrected chi connectivity index (χ2v) is 5.65. The van der Waals surface area contributed by atoms with Crippen LogP contribution in [0, 0.1) is 28.6 Å². The predicted octanol–water partition coefficient (Wildman–Crippen LogP) is 1.41. The van der Waals surface area contributed by atoms with Crippen molar-refractivity contribution in [2.45, 2.75) is 32.3 Å². The topological polar surface area (TPSA) is 20.2 Å². The molecule has 60 valence electrons. The molecule has 0 bridgehead atoms. The van der Waals surface area contributed by atoms with E-state index in [1.54, 1.807) is 0 Å². The highest BCUT2D eigenvalue weighted by atomic mass is 16.3. The highest BCUT2D eigenvalue weighted by molar-refractivity contribution is 5.34. The maximum absolute atomic E-state index is 9.67. The molecule has 0 aliphatic heterocycles. The van der Waals surface area contributed by atoms with E-state index in [0.29, 0.717) is 5.41 Å². The average Bonchev–Trinajstić information content (AvgIpc) is 2.49. The van der Waals surface area contributed by atoms with Crippen LogP contribution in [0.4, 0.5) is 0 Å². The quantitative estimate of drug-likeness (QED) is 0.553. The summed E-state index contributed by atoms with van der Waals surface area (Å²) in [5, 5.41) is 9.67. The molecule has 4 aliphatic rings. The molecule has 11 heavy (non-hydrogen) atoms. The summed E-state index contributed by atoms with van der Waals surface area (Å²) in [5.74, 6) is 2.44. The van der Waals surface area contributed by atoms with Crippen LogP contribution in [0.3, 0.4) is 0 Å². The van der Waals surface area contributed by atoms with Crippen molar-refractivity contribution in [1.29, 1.82) is 0 Å². The number of hydrogen-bond donors (Lipinski definition) is 1. The van der Waals surface area contributed by atoms with Gasteiger partial charge in [-0.25, -0.2) is 0 Å². The summed E-state index contributed by atoms with van der Waals surface area (Å²) in [7, 11) is 0. The second kappa shape index (κ2) is 1.10. The van der Waals surface area contributed by atoms with E-state index in [0.717, 1.165) is 23.2 Å². The molecular weight excluding hydrogens is 136 g/mol. The first-order valence-electron chi connectivity index (χ1n) is 4.86. The van der Waals surface area contributed by atoms with Crippen LogP contribution in [0.15, 0.2) is 0 Å². The molecule has 0 aromatic rings. The normalized spacial score (nSPS) is 81.3. The van der Waals surface area contributed by atoms with Gasteiger partial charge >= 0.3 is 0 Å². The molecule has 6 unspecified atom stereocenters. The minimum Gasteiger partial charge on any atom is -0.393 e. The van der Waals surface area contributed by atoms with E-state index in [9.17, 15) is 5.11 Å². The van der Waals surface area contributed by atoms with Crippen LogP contribution in [0.5, 0.6) is 0 Å². The third-order valence-electron chi connectivity index (χ3n) is 5.51. The van der Waals surface area contributed by atoms with Crippen LogP contribution < -0.4 is 0 Å². The Morgan fingerprint density at radius 2 is 2.00 bits per heavy atom. The summed E-state index contributed by atoms with van der Waals surface area (Å²) >= 11 is 0. The summed E-state index contributed by atoms with van der Waals surface area (Å²) in [5.41, 5.74) is 1.47. The van der Waals surface area contributed by atoms with Crippen LogP contribution in [-0.2, 0) is 0 Å². The van der Waals surface area contributed by atoms with Crippen molar-refractivity contribution >= 4 is 0 Å². The number of aliphatic hydroxyl groups is 1. The SMILES string of the molecule is CC12CC3C(O)C4CC1(C2)C34. The highest BCUT2D eigenvalue weighted by Gasteiger charge is 2.86. The number of hydrogen-bond acceptors (Lipinski definition) is 1. The van der Waals surface area contributed by atoms with Gasteiger partial charge in [0.15, 0.2) is 0 Å². The summed E-state index contributed by atoms with van der Waals surface area (Å²) in [4.78, 5) is 0. The van der Waals surface area contributed by atoms with Gasteiger partial charge in [-0.15, -0.1) is 0 Å². The summed E-state index contributed by atoms with van der Waals surface area (Å²) < 4.78 is 0. The lowest BCUT2D eigenvalue weighted by atomic mass is 9.47. The minimum atomic E-state index is 0.107. The summed E-state index contributed by atoms with van der Waals surface area (Å²) in [6.07, 6.45) is 4.31. The van der Waals surface area contributed by atoms with E-state index in [-0.39, 0.29) is 6.10 Å². The third-order valence-corrected chi connectivity index (χ3v) is 5.51. The number of aliphatic hydroxyl groups excluding tert-OH is 1. The molecule has 0 saturated heterocycles. The van der Waals surface area contributed by atoms with Crippen molar-refractivity contribution in [2.75, 3.05) is 0 Å². The molecular formula is C10H14O. The summed E-state index contributed by atoms with van der Waals surface area (Å²) in [6.45, 7) is 2.44. The van der Waals surface area contributed by atoms with Crippen LogP contribution in [0.2, 0.25) is 0 Å². The molecule has 4 fully saturated rings. The van der Waals surface area contributed by atoms with Crippen molar-refractivity contribution in [1.82, 2.24) is 0 Å². The second-order valence-electron chi connectivity index (χ2n) is 5.65. The maximum Gasteiger partial charge on any atom is 0.0602 e. The van der Waals surface area contributed by atoms with Gasteiger partial charge in [0.05, 0.1) is 6.10 Å². The van der Waals surface area contributed by atoms with Crippen molar-refractivity contribution in [2.24, 2.45) is 28.6 Å². The Balaban J connectivity index is 1.84. The van der Waals surface area contributed by atoms with E-state index < -0.39 is 0 Å². The first-order valence-corrected chi connectivity index (χ1v) is 4.86. The molecule has 4 saturated carbocycles. The fourth-order valence-electron chi connectivity index (χ4n) is 4.91. The molecule has 1 spiro atoms. The van der Waals surface area contributed by atoms with E-state index >= 15 is 0 Å². The van der Waals surface area contributed by atoms with E-state index in [1.165, 1.54) is 19.3 Å². The largest absolute Gasteiger partial charge is 0.393 e. The molecule has 0 aromatic heterocycles. The van der Waals surface area contributed by atoms with Gasteiger partial charge in [0.25, 0.3) is 0 Å². The lowest BCUT2D eigenvalue weighted by molar-refractivity contribution is -0.186. The van der Waals surface area contributed by atoms with E-state index in [1.807, 2.05) is 0 Å². The van der Waals surface area contributed by atoms with Gasteiger partial charge in [-0.05, 0) is 47.8 Å². The van der Waals surface area contributed by atoms with Gasteiger partial charge in [-0.1, -0.05) is 6.92 Å². The zero-order valence-corrected chi connectivity index (χ0v) is 6.88. The fraction of sp³-hybridized carbons (Fsp3) is 1.00. The van der Waals surface area contributed by atoms with Crippen molar-refractivity contribution in [3.63, 3.8) is 0 Å². The molecule has 0 radical (unpaired) electrons. The zero-order chi connectivity index (χ0) is 7.43. The smallest absolute Gasteiger partial charge is 0.0602 e. The monoisotopic (exact) mass is 150 g/mol. The van der Waals surface area contributed by atoms with Gasteiger partial charge in [0, 0.05) is 0 Å². The number of rotatable bonds is 0. The lowest BCUT2D eigenvalue weighted by Crippen LogP contribution is -2.60. The van der Waals surface area contributed by atoms with Crippen LogP contribution in [0.25, 0.3) is 0 Å². The molecule has 0 heterocycles. The molecule has 4 aliphatic carbocycles. The first kappa shape index (κ1) is 5.58. The van der Waals surface area contributed by atoms with Crippen molar-refractivity contribution in [3.05, 3.63) is 0 Å². The van der Waals surface area contributed by atoms with Crippen LogP contribution >= 0.6 is 0 Å².